The summed E-state index contributed by atoms with van der Waals surface area (Å²) in [6, 6.07) is 115. The van der Waals surface area contributed by atoms with Crippen molar-refractivity contribution in [3.63, 3.8) is 0 Å². The number of aromatic nitrogens is 10. The average molecular weight is 1980 g/mol. The van der Waals surface area contributed by atoms with Crippen LogP contribution in [0.3, 0.4) is 0 Å². The van der Waals surface area contributed by atoms with E-state index in [9.17, 15) is 0 Å². The maximum absolute atomic E-state index is 4.67. The quantitative estimate of drug-likeness (QED) is 0.130. The van der Waals surface area contributed by atoms with Crippen molar-refractivity contribution in [2.75, 3.05) is 0 Å². The smallest absolute Gasteiger partial charge is 0.106 e. The fraction of sp³-hybridized carbons (Fsp3) is 0.112. The van der Waals surface area contributed by atoms with E-state index in [1.807, 2.05) is 207 Å². The topological polar surface area (TPSA) is 121 Å². The Hall–Kier alpha value is -11.4. The Labute approximate surface area is 693 Å². The molecule has 0 unspecified atom stereocenters. The molecule has 7 heterocycles. The summed E-state index contributed by atoms with van der Waals surface area (Å²) in [5.41, 5.74) is 28.8. The molecule has 3 radical (unpaired) electrons. The molecule has 10 nitrogen and oxygen atoms in total. The summed E-state index contributed by atoms with van der Waals surface area (Å²) in [4.78, 5) is 39.5. The molecular weight excluding hydrogens is 1890 g/mol. The molecule has 0 amide bonds. The van der Waals surface area contributed by atoms with Crippen molar-refractivity contribution in [1.82, 2.24) is 49.4 Å². The van der Waals surface area contributed by atoms with Crippen molar-refractivity contribution in [2.24, 2.45) is 0 Å². The Balaban J connectivity index is 0.000000155. The zero-order valence-corrected chi connectivity index (χ0v) is 70.7. The van der Waals surface area contributed by atoms with Crippen molar-refractivity contribution in [2.45, 2.75) is 74.7 Å². The first kappa shape index (κ1) is 83.7. The minimum atomic E-state index is 0. The van der Waals surface area contributed by atoms with Gasteiger partial charge >= 0.3 is 0 Å². The third-order valence-corrected chi connectivity index (χ3v) is 17.6. The van der Waals surface area contributed by atoms with Gasteiger partial charge in [0.25, 0.3) is 0 Å². The van der Waals surface area contributed by atoms with Gasteiger partial charge in [0.2, 0.25) is 0 Å². The first-order chi connectivity index (χ1) is 52.6. The Kier molecular flexibility index (Phi) is 30.8. The standard InChI is InChI=1S/C23H15N2.C20H19N2.C16H11N2.C14H15N2.C13H12N.C12H10N.3Ir/c1-2-8-17(9-3-1)21-15-14-18(16-24-21)25-22-12-6-4-10-19(22)20-11-5-7-13-23(20)25;1-13-5-14(2)8-17(7-13)19-11-20(22-12-21-19)18-9-15(3)6-16(4)10-18;1-3-7-13(8-4-1)15-11-16(18-12-17-15)14-9-5-2-6-10-14;1-14(2,3)13-9-12(15-10-16-13)11-7-5-4-6-8-11;1-10-8-13(14-9-11(10)2)12-6-4-3-5-7-12;1-10-6-5-9-12(13-10)11-7-3-2-4-8-11;;;/h1-8,10-16H;5-9,11-12H,1-4H3;1-9,11-12H;4-7,9-10H,1-3H3;3-6,8-9H,1-2H3;2-7,9H,1H3;;;/q6*-1;;;. The Morgan fingerprint density at radius 2 is 0.730 bits per heavy atom. The molecule has 17 rings (SSSR count). The van der Waals surface area contributed by atoms with Crippen LogP contribution < -0.4 is 0 Å². The van der Waals surface area contributed by atoms with Crippen LogP contribution in [0.5, 0.6) is 0 Å². The van der Waals surface area contributed by atoms with E-state index >= 15 is 0 Å². The third-order valence-electron chi connectivity index (χ3n) is 17.6. The number of fused-ring (bicyclic) bond motifs is 3. The number of pyridine rings is 3. The minimum Gasteiger partial charge on any atom is -0.308 e. The molecule has 0 fully saturated rings. The Morgan fingerprint density at radius 3 is 1.21 bits per heavy atom. The van der Waals surface area contributed by atoms with Crippen LogP contribution in [0.15, 0.2) is 316 Å². The van der Waals surface area contributed by atoms with Gasteiger partial charge in [0.05, 0.1) is 28.1 Å². The van der Waals surface area contributed by atoms with E-state index in [4.69, 9.17) is 0 Å². The zero-order valence-electron chi connectivity index (χ0n) is 63.5. The molecule has 0 aliphatic carbocycles. The number of rotatable bonds is 9. The van der Waals surface area contributed by atoms with Crippen LogP contribution in [0.2, 0.25) is 0 Å². The van der Waals surface area contributed by atoms with Gasteiger partial charge in [-0.25, -0.2) is 15.0 Å². The molecule has 0 spiro atoms. The van der Waals surface area contributed by atoms with Crippen LogP contribution in [0.25, 0.3) is 118 Å². The number of nitrogens with zero attached hydrogens (tertiary/aromatic N) is 10. The minimum absolute atomic E-state index is 0. The average Bonchev–Trinajstić information content (AvgIpc) is 1.60. The summed E-state index contributed by atoms with van der Waals surface area (Å²) in [6.45, 7) is 21.0. The molecule has 0 bridgehead atoms. The van der Waals surface area contributed by atoms with E-state index in [2.05, 4.69) is 245 Å². The molecule has 0 N–H and O–H groups in total. The summed E-state index contributed by atoms with van der Waals surface area (Å²) >= 11 is 0. The predicted molar refractivity (Wildman–Crippen MR) is 442 cm³/mol. The van der Waals surface area contributed by atoms with Crippen molar-refractivity contribution < 1.29 is 60.3 Å². The summed E-state index contributed by atoms with van der Waals surface area (Å²) in [6.07, 6.45) is 8.70. The van der Waals surface area contributed by atoms with Gasteiger partial charge in [-0.05, 0) is 122 Å². The monoisotopic (exact) mass is 1980 g/mol. The van der Waals surface area contributed by atoms with Crippen molar-refractivity contribution in [3.8, 4) is 95.7 Å². The maximum Gasteiger partial charge on any atom is 0.106 e. The van der Waals surface area contributed by atoms with E-state index in [0.717, 1.165) is 113 Å². The van der Waals surface area contributed by atoms with Gasteiger partial charge in [-0.15, -0.1) is 214 Å². The molecule has 0 saturated carbocycles. The molecular formula is C98H82Ir3N10-6. The van der Waals surface area contributed by atoms with Crippen molar-refractivity contribution >= 4 is 21.8 Å². The molecule has 13 heteroatoms. The van der Waals surface area contributed by atoms with E-state index in [1.54, 1.807) is 19.0 Å². The summed E-state index contributed by atoms with van der Waals surface area (Å²) in [5.74, 6) is 0. The molecule has 17 aromatic rings. The Morgan fingerprint density at radius 1 is 0.297 bits per heavy atom. The van der Waals surface area contributed by atoms with Crippen LogP contribution >= 0.6 is 0 Å². The van der Waals surface area contributed by atoms with E-state index in [0.29, 0.717) is 0 Å². The van der Waals surface area contributed by atoms with E-state index < -0.39 is 0 Å². The van der Waals surface area contributed by atoms with Crippen LogP contribution in [0.4, 0.5) is 0 Å². The van der Waals surface area contributed by atoms with Gasteiger partial charge in [0.1, 0.15) is 19.0 Å². The van der Waals surface area contributed by atoms with Crippen LogP contribution in [-0.4, -0.2) is 49.4 Å². The van der Waals surface area contributed by atoms with Gasteiger partial charge < -0.3 is 19.5 Å². The molecule has 0 atom stereocenters. The first-order valence-electron chi connectivity index (χ1n) is 35.9. The number of para-hydroxylation sites is 2. The van der Waals surface area contributed by atoms with E-state index in [-0.39, 0.29) is 65.7 Å². The molecule has 111 heavy (non-hydrogen) atoms. The number of hydrogen-bond donors (Lipinski definition) is 0. The molecule has 0 aliphatic rings. The second-order valence-corrected chi connectivity index (χ2v) is 27.1. The SMILES string of the molecule is CC(C)(C)c1cc(-c2[c-]cccc2)ncn1.Cc1[c-]c(-c2cc(-c3cc(C)cc(C)c3)ncn2)cc(C)c1.Cc1cccc(-c2[c-]cccc2)n1.Cc1cnc(-c2[c-]cccc2)cc1C.[Ir].[Ir].[Ir].[c-]1ccccc1-c1cc(-c2ccccc2)ncn1.[c-]1ccccc1-c1ccc(-n2c3ccccc3c3ccccc32)cn1. The fourth-order valence-corrected chi connectivity index (χ4v) is 12.1. The second kappa shape index (κ2) is 40.9. The molecule has 10 aromatic carbocycles. The zero-order chi connectivity index (χ0) is 75.2. The fourth-order valence-electron chi connectivity index (χ4n) is 12.1. The van der Waals surface area contributed by atoms with Gasteiger partial charge in [0.15, 0.2) is 0 Å². The third kappa shape index (κ3) is 23.1. The molecule has 557 valence electrons. The predicted octanol–water partition coefficient (Wildman–Crippen LogP) is 23.4. The van der Waals surface area contributed by atoms with Crippen LogP contribution in [0, 0.1) is 84.9 Å². The summed E-state index contributed by atoms with van der Waals surface area (Å²) < 4.78 is 2.27. The van der Waals surface area contributed by atoms with Crippen molar-refractivity contribution in [3.05, 3.63) is 398 Å². The first-order valence-corrected chi connectivity index (χ1v) is 35.9. The van der Waals surface area contributed by atoms with E-state index in [1.165, 1.54) is 49.6 Å². The normalized spacial score (nSPS) is 10.4. The largest absolute Gasteiger partial charge is 0.308 e. The summed E-state index contributed by atoms with van der Waals surface area (Å²) in [5, 5.41) is 2.53. The number of aryl methyl sites for hydroxylation is 7. The number of benzene rings is 10. The second-order valence-electron chi connectivity index (χ2n) is 27.1. The van der Waals surface area contributed by atoms with Crippen molar-refractivity contribution in [1.29, 1.82) is 0 Å². The Bertz CT molecular complexity index is 5530. The number of hydrogen-bond acceptors (Lipinski definition) is 9. The molecule has 0 saturated heterocycles. The van der Waals surface area contributed by atoms with Crippen LogP contribution in [-0.2, 0) is 65.7 Å². The van der Waals surface area contributed by atoms with Gasteiger partial charge in [-0.1, -0.05) is 167 Å². The molecule has 7 aromatic heterocycles. The maximum atomic E-state index is 4.67. The van der Waals surface area contributed by atoms with Gasteiger partial charge in [-0.2, -0.15) is 0 Å². The summed E-state index contributed by atoms with van der Waals surface area (Å²) in [7, 11) is 0. The van der Waals surface area contributed by atoms with Gasteiger partial charge in [0, 0.05) is 100 Å². The molecule has 0 aliphatic heterocycles. The van der Waals surface area contributed by atoms with Gasteiger partial charge in [-0.3, -0.25) is 15.0 Å². The van der Waals surface area contributed by atoms with Crippen LogP contribution in [0.1, 0.15) is 65.5 Å².